The molecule has 0 bridgehead atoms. The number of rotatable bonds is 4. The van der Waals surface area contributed by atoms with Crippen LogP contribution in [0.5, 0.6) is 0 Å². The molecule has 1 amide bonds. The van der Waals surface area contributed by atoms with Gasteiger partial charge >= 0.3 is 0 Å². The van der Waals surface area contributed by atoms with Crippen molar-refractivity contribution in [3.05, 3.63) is 60.0 Å². The van der Waals surface area contributed by atoms with Crippen LogP contribution in [0.2, 0.25) is 0 Å². The molecule has 3 aromatic rings. The standard InChI is InChI=1S/C21H21N5O/c1-3-26-18-8-7-17(12-15(18)6-9-20(26)27)24-19-11-14(2)23-21(25-19)16-5-4-10-22-13-16/h4-5,7-8,10-13H,3,6,9H2,1-2H3,(H,23,24,25). The Morgan fingerprint density at radius 1 is 1.15 bits per heavy atom. The number of pyridine rings is 1. The van der Waals surface area contributed by atoms with Crippen molar-refractivity contribution in [1.82, 2.24) is 15.0 Å². The van der Waals surface area contributed by atoms with Crippen LogP contribution in [0.4, 0.5) is 17.2 Å². The van der Waals surface area contributed by atoms with E-state index in [1.807, 2.05) is 49.1 Å². The second-order valence-corrected chi connectivity index (χ2v) is 6.57. The van der Waals surface area contributed by atoms with Gasteiger partial charge in [0.15, 0.2) is 5.82 Å². The van der Waals surface area contributed by atoms with Crippen molar-refractivity contribution < 1.29 is 4.79 Å². The highest BCUT2D eigenvalue weighted by Gasteiger charge is 2.22. The maximum absolute atomic E-state index is 12.1. The highest BCUT2D eigenvalue weighted by atomic mass is 16.2. The van der Waals surface area contributed by atoms with E-state index in [4.69, 9.17) is 0 Å². The van der Waals surface area contributed by atoms with Crippen LogP contribution in [0, 0.1) is 6.92 Å². The van der Waals surface area contributed by atoms with Crippen LogP contribution in [-0.4, -0.2) is 27.4 Å². The number of hydrogen-bond acceptors (Lipinski definition) is 5. The molecule has 0 spiro atoms. The molecule has 6 heteroatoms. The average molecular weight is 359 g/mol. The summed E-state index contributed by atoms with van der Waals surface area (Å²) in [7, 11) is 0. The Balaban J connectivity index is 1.63. The second kappa shape index (κ2) is 7.15. The van der Waals surface area contributed by atoms with Gasteiger partial charge in [0, 0.05) is 54.1 Å². The Kier molecular flexibility index (Phi) is 4.54. The summed E-state index contributed by atoms with van der Waals surface area (Å²) in [4.78, 5) is 27.2. The van der Waals surface area contributed by atoms with Crippen molar-refractivity contribution in [3.8, 4) is 11.4 Å². The van der Waals surface area contributed by atoms with Crippen LogP contribution in [-0.2, 0) is 11.2 Å². The first-order valence-electron chi connectivity index (χ1n) is 9.10. The molecule has 0 atom stereocenters. The van der Waals surface area contributed by atoms with E-state index in [0.29, 0.717) is 18.8 Å². The number of anilines is 3. The predicted octanol–water partition coefficient (Wildman–Crippen LogP) is 3.89. The molecule has 4 rings (SSSR count). The molecule has 2 aromatic heterocycles. The molecule has 27 heavy (non-hydrogen) atoms. The summed E-state index contributed by atoms with van der Waals surface area (Å²) >= 11 is 0. The van der Waals surface area contributed by atoms with Crippen LogP contribution in [0.1, 0.15) is 24.6 Å². The zero-order chi connectivity index (χ0) is 18.8. The van der Waals surface area contributed by atoms with Gasteiger partial charge in [-0.25, -0.2) is 9.97 Å². The minimum atomic E-state index is 0.193. The van der Waals surface area contributed by atoms with Crippen LogP contribution < -0.4 is 10.2 Å². The van der Waals surface area contributed by atoms with Gasteiger partial charge in [-0.3, -0.25) is 9.78 Å². The predicted molar refractivity (Wildman–Crippen MR) is 106 cm³/mol. The van der Waals surface area contributed by atoms with Gasteiger partial charge in [0.05, 0.1) is 0 Å². The summed E-state index contributed by atoms with van der Waals surface area (Å²) in [5.74, 6) is 1.57. The maximum Gasteiger partial charge on any atom is 0.227 e. The number of aromatic nitrogens is 3. The monoisotopic (exact) mass is 359 g/mol. The number of carbonyl (C=O) groups is 1. The molecule has 6 nitrogen and oxygen atoms in total. The first-order chi connectivity index (χ1) is 13.1. The summed E-state index contributed by atoms with van der Waals surface area (Å²) in [6.45, 7) is 4.64. The Hall–Kier alpha value is -3.28. The van der Waals surface area contributed by atoms with E-state index in [0.717, 1.165) is 34.9 Å². The summed E-state index contributed by atoms with van der Waals surface area (Å²) in [5.41, 5.74) is 4.90. The average Bonchev–Trinajstić information content (AvgIpc) is 2.68. The lowest BCUT2D eigenvalue weighted by molar-refractivity contribution is -0.118. The maximum atomic E-state index is 12.1. The lowest BCUT2D eigenvalue weighted by atomic mass is 10.0. The van der Waals surface area contributed by atoms with Crippen molar-refractivity contribution in [2.24, 2.45) is 0 Å². The topological polar surface area (TPSA) is 71.0 Å². The Bertz CT molecular complexity index is 987. The molecule has 1 aliphatic rings. The van der Waals surface area contributed by atoms with Gasteiger partial charge in [0.25, 0.3) is 0 Å². The van der Waals surface area contributed by atoms with Crippen LogP contribution in [0.3, 0.4) is 0 Å². The van der Waals surface area contributed by atoms with Crippen molar-refractivity contribution in [1.29, 1.82) is 0 Å². The van der Waals surface area contributed by atoms with Crippen LogP contribution in [0.25, 0.3) is 11.4 Å². The lowest BCUT2D eigenvalue weighted by Gasteiger charge is -2.28. The van der Waals surface area contributed by atoms with Crippen molar-refractivity contribution in [3.63, 3.8) is 0 Å². The quantitative estimate of drug-likeness (QED) is 0.765. The first kappa shape index (κ1) is 17.1. The fraction of sp³-hybridized carbons (Fsp3) is 0.238. The zero-order valence-corrected chi connectivity index (χ0v) is 15.4. The molecule has 136 valence electrons. The molecule has 3 heterocycles. The Morgan fingerprint density at radius 2 is 2.04 bits per heavy atom. The highest BCUT2D eigenvalue weighted by Crippen LogP contribution is 2.31. The van der Waals surface area contributed by atoms with Crippen LogP contribution >= 0.6 is 0 Å². The van der Waals surface area contributed by atoms with Gasteiger partial charge in [0.1, 0.15) is 5.82 Å². The SMILES string of the molecule is CCN1C(=O)CCc2cc(Nc3cc(C)nc(-c4cccnc4)n3)ccc21. The molecular weight excluding hydrogens is 338 g/mol. The summed E-state index contributed by atoms with van der Waals surface area (Å²) in [6, 6.07) is 11.8. The third-order valence-electron chi connectivity index (χ3n) is 4.64. The van der Waals surface area contributed by atoms with E-state index < -0.39 is 0 Å². The highest BCUT2D eigenvalue weighted by molar-refractivity contribution is 5.96. The number of aryl methyl sites for hydroxylation is 2. The smallest absolute Gasteiger partial charge is 0.227 e. The second-order valence-electron chi connectivity index (χ2n) is 6.57. The largest absolute Gasteiger partial charge is 0.340 e. The molecule has 1 N–H and O–H groups in total. The molecule has 1 aromatic carbocycles. The van der Waals surface area contributed by atoms with E-state index in [1.54, 1.807) is 12.4 Å². The van der Waals surface area contributed by atoms with Gasteiger partial charge < -0.3 is 10.2 Å². The molecular formula is C21H21N5O. The van der Waals surface area contributed by atoms with Gasteiger partial charge in [0.2, 0.25) is 5.91 Å². The summed E-state index contributed by atoms with van der Waals surface area (Å²) < 4.78 is 0. The molecule has 1 aliphatic heterocycles. The fourth-order valence-corrected chi connectivity index (χ4v) is 3.39. The Labute approximate surface area is 158 Å². The summed E-state index contributed by atoms with van der Waals surface area (Å²) in [6.07, 6.45) is 4.82. The van der Waals surface area contributed by atoms with E-state index in [9.17, 15) is 4.79 Å². The molecule has 0 radical (unpaired) electrons. The molecule has 0 saturated carbocycles. The van der Waals surface area contributed by atoms with Gasteiger partial charge in [-0.15, -0.1) is 0 Å². The van der Waals surface area contributed by atoms with E-state index in [1.165, 1.54) is 5.56 Å². The number of carbonyl (C=O) groups excluding carboxylic acids is 1. The third kappa shape index (κ3) is 3.51. The number of nitrogens with zero attached hydrogens (tertiary/aromatic N) is 4. The van der Waals surface area contributed by atoms with Crippen molar-refractivity contribution >= 4 is 23.1 Å². The van der Waals surface area contributed by atoms with Crippen molar-refractivity contribution in [2.45, 2.75) is 26.7 Å². The Morgan fingerprint density at radius 3 is 2.81 bits per heavy atom. The minimum absolute atomic E-state index is 0.193. The van der Waals surface area contributed by atoms with E-state index >= 15 is 0 Å². The van der Waals surface area contributed by atoms with Crippen LogP contribution in [0.15, 0.2) is 48.8 Å². The molecule has 0 aliphatic carbocycles. The number of amides is 1. The minimum Gasteiger partial charge on any atom is -0.340 e. The fourth-order valence-electron chi connectivity index (χ4n) is 3.39. The number of fused-ring (bicyclic) bond motifs is 1. The van der Waals surface area contributed by atoms with E-state index in [-0.39, 0.29) is 5.91 Å². The molecule has 0 unspecified atom stereocenters. The molecule has 0 saturated heterocycles. The normalized spacial score (nSPS) is 13.4. The first-order valence-corrected chi connectivity index (χ1v) is 9.10. The lowest BCUT2D eigenvalue weighted by Crippen LogP contribution is -2.34. The van der Waals surface area contributed by atoms with Gasteiger partial charge in [-0.05, 0) is 56.2 Å². The molecule has 0 fully saturated rings. The number of hydrogen-bond donors (Lipinski definition) is 1. The number of benzene rings is 1. The van der Waals surface area contributed by atoms with E-state index in [2.05, 4.69) is 26.3 Å². The van der Waals surface area contributed by atoms with Gasteiger partial charge in [-0.1, -0.05) is 0 Å². The summed E-state index contributed by atoms with van der Waals surface area (Å²) in [5, 5.41) is 3.37. The van der Waals surface area contributed by atoms with Gasteiger partial charge in [-0.2, -0.15) is 0 Å². The number of nitrogens with one attached hydrogen (secondary N) is 1. The zero-order valence-electron chi connectivity index (χ0n) is 15.4. The third-order valence-corrected chi connectivity index (χ3v) is 4.64. The van der Waals surface area contributed by atoms with Crippen molar-refractivity contribution in [2.75, 3.05) is 16.8 Å².